The number of piperidine rings is 1. The van der Waals surface area contributed by atoms with Crippen molar-refractivity contribution in [3.63, 3.8) is 0 Å². The fraction of sp³-hybridized carbons (Fsp3) is 1.00. The third-order valence-corrected chi connectivity index (χ3v) is 6.30. The zero-order valence-electron chi connectivity index (χ0n) is 11.2. The van der Waals surface area contributed by atoms with E-state index in [1.165, 1.54) is 0 Å². The summed E-state index contributed by atoms with van der Waals surface area (Å²) < 4.78 is 28.2. The lowest BCUT2D eigenvalue weighted by atomic mass is 9.92. The molecule has 0 atom stereocenters. The Morgan fingerprint density at radius 2 is 1.61 bits per heavy atom. The van der Waals surface area contributed by atoms with Gasteiger partial charge in [0.1, 0.15) is 0 Å². The second-order valence-electron chi connectivity index (χ2n) is 5.55. The van der Waals surface area contributed by atoms with Gasteiger partial charge in [-0.15, -0.1) is 0 Å². The van der Waals surface area contributed by atoms with Crippen LogP contribution in [0.2, 0.25) is 0 Å². The number of nitrogens with zero attached hydrogens (tertiary/aromatic N) is 2. The van der Waals surface area contributed by atoms with E-state index in [0.29, 0.717) is 13.1 Å². The van der Waals surface area contributed by atoms with Crippen molar-refractivity contribution < 1.29 is 8.42 Å². The van der Waals surface area contributed by atoms with Crippen LogP contribution in [0.25, 0.3) is 0 Å². The molecule has 1 saturated carbocycles. The molecule has 0 aromatic rings. The van der Waals surface area contributed by atoms with Gasteiger partial charge in [0, 0.05) is 32.2 Å². The van der Waals surface area contributed by atoms with Crippen LogP contribution in [-0.2, 0) is 10.2 Å². The van der Waals surface area contributed by atoms with Crippen molar-refractivity contribution in [1.29, 1.82) is 0 Å². The fourth-order valence-electron chi connectivity index (χ4n) is 2.93. The average Bonchev–Trinajstić information content (AvgIpc) is 2.40. The third kappa shape index (κ3) is 3.04. The second-order valence-corrected chi connectivity index (χ2v) is 7.54. The minimum atomic E-state index is -3.25. The predicted octanol–water partition coefficient (Wildman–Crippen LogP) is 0.919. The fourth-order valence-corrected chi connectivity index (χ4v) is 4.60. The molecule has 0 aromatic heterocycles. The molecule has 6 heteroatoms. The lowest BCUT2D eigenvalue weighted by Gasteiger charge is -2.37. The van der Waals surface area contributed by atoms with Crippen LogP contribution in [0, 0.1) is 0 Å². The standard InChI is InChI=1S/C12H25N3O2S/c1-14(12-7-5-11(13)6-8-12)18(16,17)15-9-3-2-4-10-15/h11-12H,2-10,13H2,1H3. The van der Waals surface area contributed by atoms with E-state index in [-0.39, 0.29) is 12.1 Å². The zero-order valence-corrected chi connectivity index (χ0v) is 12.0. The summed E-state index contributed by atoms with van der Waals surface area (Å²) in [7, 11) is -1.53. The molecular weight excluding hydrogens is 250 g/mol. The summed E-state index contributed by atoms with van der Waals surface area (Å²) in [6, 6.07) is 0.393. The van der Waals surface area contributed by atoms with Crippen LogP contribution >= 0.6 is 0 Å². The van der Waals surface area contributed by atoms with Crippen LogP contribution in [0.3, 0.4) is 0 Å². The maximum atomic E-state index is 12.5. The van der Waals surface area contributed by atoms with Crippen LogP contribution in [0.15, 0.2) is 0 Å². The van der Waals surface area contributed by atoms with Gasteiger partial charge in [0.05, 0.1) is 0 Å². The van der Waals surface area contributed by atoms with Gasteiger partial charge in [0.25, 0.3) is 10.2 Å². The molecule has 0 unspecified atom stereocenters. The summed E-state index contributed by atoms with van der Waals surface area (Å²) in [5.41, 5.74) is 5.87. The van der Waals surface area contributed by atoms with Crippen molar-refractivity contribution in [2.45, 2.75) is 57.0 Å². The van der Waals surface area contributed by atoms with Crippen LogP contribution < -0.4 is 5.73 Å². The van der Waals surface area contributed by atoms with E-state index >= 15 is 0 Å². The summed E-state index contributed by atoms with van der Waals surface area (Å²) in [6.07, 6.45) is 6.78. The summed E-state index contributed by atoms with van der Waals surface area (Å²) in [5, 5.41) is 0. The molecule has 1 heterocycles. The first-order valence-electron chi connectivity index (χ1n) is 7.00. The third-order valence-electron chi connectivity index (χ3n) is 4.26. The van der Waals surface area contributed by atoms with Crippen molar-refractivity contribution in [3.05, 3.63) is 0 Å². The molecule has 2 aliphatic rings. The van der Waals surface area contributed by atoms with Crippen LogP contribution in [0.4, 0.5) is 0 Å². The van der Waals surface area contributed by atoms with Gasteiger partial charge in [-0.2, -0.15) is 17.0 Å². The summed E-state index contributed by atoms with van der Waals surface area (Å²) in [6.45, 7) is 1.36. The Hall–Kier alpha value is -0.170. The van der Waals surface area contributed by atoms with Crippen molar-refractivity contribution in [2.24, 2.45) is 5.73 Å². The van der Waals surface area contributed by atoms with Crippen molar-refractivity contribution in [1.82, 2.24) is 8.61 Å². The first-order chi connectivity index (χ1) is 8.51. The Balaban J connectivity index is 2.00. The highest BCUT2D eigenvalue weighted by molar-refractivity contribution is 7.86. The van der Waals surface area contributed by atoms with Crippen LogP contribution in [0.1, 0.15) is 44.9 Å². The maximum Gasteiger partial charge on any atom is 0.281 e. The lowest BCUT2D eigenvalue weighted by molar-refractivity contribution is 0.242. The zero-order chi connectivity index (χ0) is 13.2. The molecule has 0 bridgehead atoms. The SMILES string of the molecule is CN(C1CCC(N)CC1)S(=O)(=O)N1CCCCC1. The van der Waals surface area contributed by atoms with Crippen molar-refractivity contribution in [3.8, 4) is 0 Å². The van der Waals surface area contributed by atoms with E-state index in [0.717, 1.165) is 44.9 Å². The molecule has 2 fully saturated rings. The summed E-state index contributed by atoms with van der Waals surface area (Å²) >= 11 is 0. The van der Waals surface area contributed by atoms with E-state index in [9.17, 15) is 8.42 Å². The van der Waals surface area contributed by atoms with Gasteiger partial charge < -0.3 is 5.73 Å². The largest absolute Gasteiger partial charge is 0.328 e. The Bertz CT molecular complexity index is 358. The quantitative estimate of drug-likeness (QED) is 0.833. The topological polar surface area (TPSA) is 66.6 Å². The average molecular weight is 275 g/mol. The van der Waals surface area contributed by atoms with E-state index in [1.54, 1.807) is 15.7 Å². The molecule has 1 aliphatic carbocycles. The van der Waals surface area contributed by atoms with Gasteiger partial charge in [0.2, 0.25) is 0 Å². The molecule has 2 N–H and O–H groups in total. The Morgan fingerprint density at radius 3 is 2.17 bits per heavy atom. The predicted molar refractivity (Wildman–Crippen MR) is 72.3 cm³/mol. The van der Waals surface area contributed by atoms with Crippen molar-refractivity contribution in [2.75, 3.05) is 20.1 Å². The van der Waals surface area contributed by atoms with Gasteiger partial charge in [-0.05, 0) is 38.5 Å². The molecule has 0 spiro atoms. The Morgan fingerprint density at radius 1 is 1.06 bits per heavy atom. The number of hydrogen-bond donors (Lipinski definition) is 1. The summed E-state index contributed by atoms with van der Waals surface area (Å²) in [5.74, 6) is 0. The lowest BCUT2D eigenvalue weighted by Crippen LogP contribution is -2.49. The van der Waals surface area contributed by atoms with Crippen LogP contribution in [0.5, 0.6) is 0 Å². The monoisotopic (exact) mass is 275 g/mol. The highest BCUT2D eigenvalue weighted by Gasteiger charge is 2.34. The molecule has 5 nitrogen and oxygen atoms in total. The van der Waals surface area contributed by atoms with Gasteiger partial charge in [-0.25, -0.2) is 0 Å². The maximum absolute atomic E-state index is 12.5. The molecule has 2 rings (SSSR count). The van der Waals surface area contributed by atoms with Gasteiger partial charge in [-0.3, -0.25) is 0 Å². The molecule has 18 heavy (non-hydrogen) atoms. The van der Waals surface area contributed by atoms with Gasteiger partial charge >= 0.3 is 0 Å². The van der Waals surface area contributed by atoms with Gasteiger partial charge in [-0.1, -0.05) is 6.42 Å². The number of nitrogens with two attached hydrogens (primary N) is 1. The van der Waals surface area contributed by atoms with E-state index < -0.39 is 10.2 Å². The van der Waals surface area contributed by atoms with Crippen LogP contribution in [-0.4, -0.2) is 49.2 Å². The van der Waals surface area contributed by atoms with E-state index in [1.807, 2.05) is 0 Å². The van der Waals surface area contributed by atoms with Gasteiger partial charge in [0.15, 0.2) is 0 Å². The summed E-state index contributed by atoms with van der Waals surface area (Å²) in [4.78, 5) is 0. The highest BCUT2D eigenvalue weighted by atomic mass is 32.2. The van der Waals surface area contributed by atoms with Crippen molar-refractivity contribution >= 4 is 10.2 Å². The second kappa shape index (κ2) is 5.86. The molecule has 0 radical (unpaired) electrons. The number of hydrogen-bond acceptors (Lipinski definition) is 3. The molecule has 1 saturated heterocycles. The molecular formula is C12H25N3O2S. The Labute approximate surface area is 110 Å². The van der Waals surface area contributed by atoms with E-state index in [2.05, 4.69) is 0 Å². The molecule has 0 amide bonds. The molecule has 1 aliphatic heterocycles. The minimum Gasteiger partial charge on any atom is -0.328 e. The normalized spacial score (nSPS) is 31.7. The molecule has 106 valence electrons. The first-order valence-corrected chi connectivity index (χ1v) is 8.40. The van der Waals surface area contributed by atoms with E-state index in [4.69, 9.17) is 5.73 Å². The smallest absolute Gasteiger partial charge is 0.281 e. The Kier molecular flexibility index (Phi) is 4.64. The highest BCUT2D eigenvalue weighted by Crippen LogP contribution is 2.25. The molecule has 0 aromatic carbocycles. The first kappa shape index (κ1) is 14.2. The minimum absolute atomic E-state index is 0.136. The number of rotatable bonds is 3.